The van der Waals surface area contributed by atoms with Crippen molar-refractivity contribution in [1.82, 2.24) is 10.3 Å². The lowest BCUT2D eigenvalue weighted by atomic mass is 9.95. The predicted molar refractivity (Wildman–Crippen MR) is 126 cm³/mol. The van der Waals surface area contributed by atoms with Gasteiger partial charge in [0.1, 0.15) is 11.4 Å². The Labute approximate surface area is 200 Å². The van der Waals surface area contributed by atoms with E-state index in [-0.39, 0.29) is 11.8 Å². The minimum absolute atomic E-state index is 0.102. The molecule has 34 heavy (non-hydrogen) atoms. The van der Waals surface area contributed by atoms with E-state index >= 15 is 0 Å². The second kappa shape index (κ2) is 10.2. The Bertz CT molecular complexity index is 1120. The zero-order valence-corrected chi connectivity index (χ0v) is 21.0. The van der Waals surface area contributed by atoms with Crippen LogP contribution >= 0.6 is 0 Å². The molecule has 1 saturated carbocycles. The number of sulfone groups is 1. The Morgan fingerprint density at radius 1 is 1.12 bits per heavy atom. The fraction of sp³-hybridized carbons (Fsp3) is 0.542. The molecule has 1 aromatic carbocycles. The average molecular weight is 493 g/mol. The van der Waals surface area contributed by atoms with Gasteiger partial charge in [-0.1, -0.05) is 0 Å². The molecule has 1 aliphatic rings. The second-order valence-corrected chi connectivity index (χ2v) is 11.8. The van der Waals surface area contributed by atoms with Gasteiger partial charge >= 0.3 is 12.1 Å². The first kappa shape index (κ1) is 25.7. The lowest BCUT2D eigenvalue weighted by Gasteiger charge is -2.29. The first-order valence-corrected chi connectivity index (χ1v) is 13.0. The number of oxazole rings is 1. The van der Waals surface area contributed by atoms with Crippen molar-refractivity contribution in [3.05, 3.63) is 41.3 Å². The number of alkyl carbamates (subject to hydrolysis) is 1. The fourth-order valence-corrected chi connectivity index (χ4v) is 5.78. The number of methoxy groups -OCH3 is 1. The summed E-state index contributed by atoms with van der Waals surface area (Å²) in [5, 5.41) is 2.33. The maximum Gasteiger partial charge on any atom is 0.407 e. The Hall–Kier alpha value is -2.88. The van der Waals surface area contributed by atoms with Crippen LogP contribution in [0.3, 0.4) is 0 Å². The van der Waals surface area contributed by atoms with E-state index in [2.05, 4.69) is 10.3 Å². The number of aromatic nitrogens is 1. The molecule has 0 radical (unpaired) electrons. The number of rotatable bonds is 6. The Morgan fingerprint density at radius 3 is 2.29 bits per heavy atom. The highest BCUT2D eigenvalue weighted by Gasteiger charge is 2.33. The number of esters is 1. The lowest BCUT2D eigenvalue weighted by Crippen LogP contribution is -2.42. The van der Waals surface area contributed by atoms with Crippen LogP contribution in [0.1, 0.15) is 68.3 Å². The maximum atomic E-state index is 13.1. The summed E-state index contributed by atoms with van der Waals surface area (Å²) in [5.74, 6) is 0.0791. The summed E-state index contributed by atoms with van der Waals surface area (Å²) < 4.78 is 41.8. The molecule has 0 saturated heterocycles. The molecule has 0 atom stereocenters. The molecule has 0 aliphatic heterocycles. The third-order valence-corrected chi connectivity index (χ3v) is 7.85. The Balaban J connectivity index is 1.61. The standard InChI is InChI=1S/C24H32N2O7S/c1-15-20(26-21(32-15)16-6-8-17(9-7-16)22(27)31-5)14-34(29,30)19-12-10-18(11-13-19)25-23(28)33-24(2,3)4/h6-9,18-19H,10-14H2,1-5H3,(H,25,28)/t18-,19+. The smallest absolute Gasteiger partial charge is 0.407 e. The largest absolute Gasteiger partial charge is 0.465 e. The van der Waals surface area contributed by atoms with E-state index in [0.29, 0.717) is 54.2 Å². The van der Waals surface area contributed by atoms with Crippen LogP contribution in [0.4, 0.5) is 4.79 Å². The molecule has 9 nitrogen and oxygen atoms in total. The zero-order valence-electron chi connectivity index (χ0n) is 20.2. The molecular formula is C24H32N2O7S. The topological polar surface area (TPSA) is 125 Å². The molecule has 186 valence electrons. The van der Waals surface area contributed by atoms with Gasteiger partial charge in [0.05, 0.1) is 29.4 Å². The number of carbonyl (C=O) groups excluding carboxylic acids is 2. The van der Waals surface area contributed by atoms with Crippen molar-refractivity contribution in [2.24, 2.45) is 0 Å². The summed E-state index contributed by atoms with van der Waals surface area (Å²) in [4.78, 5) is 28.0. The van der Waals surface area contributed by atoms with Gasteiger partial charge in [0, 0.05) is 11.6 Å². The number of hydrogen-bond acceptors (Lipinski definition) is 8. The molecule has 3 rings (SSSR count). The van der Waals surface area contributed by atoms with Gasteiger partial charge in [0.25, 0.3) is 0 Å². The third-order valence-electron chi connectivity index (χ3n) is 5.69. The summed E-state index contributed by atoms with van der Waals surface area (Å²) in [6, 6.07) is 6.44. The number of carbonyl (C=O) groups is 2. The van der Waals surface area contributed by atoms with Gasteiger partial charge in [0.2, 0.25) is 5.89 Å². The van der Waals surface area contributed by atoms with Crippen molar-refractivity contribution in [2.75, 3.05) is 7.11 Å². The van der Waals surface area contributed by atoms with Crippen LogP contribution in [0, 0.1) is 6.92 Å². The van der Waals surface area contributed by atoms with E-state index in [4.69, 9.17) is 13.9 Å². The normalized spacial score (nSPS) is 18.9. The van der Waals surface area contributed by atoms with Crippen molar-refractivity contribution in [1.29, 1.82) is 0 Å². The third kappa shape index (κ3) is 6.59. The van der Waals surface area contributed by atoms with Crippen LogP contribution in [-0.2, 0) is 25.1 Å². The quantitative estimate of drug-likeness (QED) is 0.595. The number of nitrogens with one attached hydrogen (secondary N) is 1. The average Bonchev–Trinajstić information content (AvgIpc) is 3.12. The highest BCUT2D eigenvalue weighted by Crippen LogP contribution is 2.29. The number of amides is 1. The number of aryl methyl sites for hydroxylation is 1. The van der Waals surface area contributed by atoms with Crippen molar-refractivity contribution in [2.45, 2.75) is 76.0 Å². The summed E-state index contributed by atoms with van der Waals surface area (Å²) in [6.45, 7) is 7.08. The number of ether oxygens (including phenoxy) is 2. The van der Waals surface area contributed by atoms with E-state index < -0.39 is 32.8 Å². The molecule has 1 fully saturated rings. The first-order chi connectivity index (χ1) is 15.9. The number of hydrogen-bond donors (Lipinski definition) is 1. The van der Waals surface area contributed by atoms with Gasteiger partial charge in [-0.3, -0.25) is 0 Å². The van der Waals surface area contributed by atoms with Gasteiger partial charge in [-0.15, -0.1) is 0 Å². The molecule has 10 heteroatoms. The summed E-state index contributed by atoms with van der Waals surface area (Å²) >= 11 is 0. The van der Waals surface area contributed by atoms with Gasteiger partial charge in [-0.05, 0) is 77.6 Å². The summed E-state index contributed by atoms with van der Waals surface area (Å²) in [6.07, 6.45) is 1.57. The van der Waals surface area contributed by atoms with Crippen molar-refractivity contribution in [3.8, 4) is 11.5 Å². The van der Waals surface area contributed by atoms with Crippen molar-refractivity contribution in [3.63, 3.8) is 0 Å². The van der Waals surface area contributed by atoms with E-state index in [1.807, 2.05) is 0 Å². The number of nitrogens with zero attached hydrogens (tertiary/aromatic N) is 1. The first-order valence-electron chi connectivity index (χ1n) is 11.2. The molecule has 1 amide bonds. The van der Waals surface area contributed by atoms with E-state index in [1.165, 1.54) is 7.11 Å². The van der Waals surface area contributed by atoms with Crippen LogP contribution in [0.5, 0.6) is 0 Å². The Kier molecular flexibility index (Phi) is 7.70. The van der Waals surface area contributed by atoms with E-state index in [9.17, 15) is 18.0 Å². The SMILES string of the molecule is COC(=O)c1ccc(-c2nc(CS(=O)(=O)[C@H]3CC[C@@H](NC(=O)OC(C)(C)C)CC3)c(C)o2)cc1. The molecule has 1 aromatic heterocycles. The molecule has 0 bridgehead atoms. The Morgan fingerprint density at radius 2 is 1.74 bits per heavy atom. The van der Waals surface area contributed by atoms with Crippen molar-refractivity contribution >= 4 is 21.9 Å². The maximum absolute atomic E-state index is 13.1. The highest BCUT2D eigenvalue weighted by atomic mass is 32.2. The monoisotopic (exact) mass is 492 g/mol. The van der Waals surface area contributed by atoms with Crippen LogP contribution in [0.25, 0.3) is 11.5 Å². The van der Waals surface area contributed by atoms with Gasteiger partial charge in [-0.25, -0.2) is 23.0 Å². The van der Waals surface area contributed by atoms with Crippen LogP contribution in [0.2, 0.25) is 0 Å². The molecule has 0 spiro atoms. The van der Waals surface area contributed by atoms with Gasteiger partial charge in [0.15, 0.2) is 9.84 Å². The minimum Gasteiger partial charge on any atom is -0.465 e. The van der Waals surface area contributed by atoms with Crippen LogP contribution in [0.15, 0.2) is 28.7 Å². The van der Waals surface area contributed by atoms with Crippen LogP contribution in [-0.4, -0.2) is 49.5 Å². The van der Waals surface area contributed by atoms with Crippen LogP contribution < -0.4 is 5.32 Å². The molecule has 1 N–H and O–H groups in total. The second-order valence-electron chi connectivity index (χ2n) is 9.52. The van der Waals surface area contributed by atoms with Crippen molar-refractivity contribution < 1.29 is 31.9 Å². The highest BCUT2D eigenvalue weighted by molar-refractivity contribution is 7.91. The summed E-state index contributed by atoms with van der Waals surface area (Å²) in [5.41, 5.74) is 0.825. The molecule has 1 aliphatic carbocycles. The number of benzene rings is 1. The fourth-order valence-electron chi connectivity index (χ4n) is 3.90. The molecular weight excluding hydrogens is 460 g/mol. The predicted octanol–water partition coefficient (Wildman–Crippen LogP) is 4.19. The van der Waals surface area contributed by atoms with E-state index in [0.717, 1.165) is 0 Å². The minimum atomic E-state index is -3.46. The lowest BCUT2D eigenvalue weighted by molar-refractivity contribution is 0.0492. The van der Waals surface area contributed by atoms with Gasteiger partial charge < -0.3 is 19.2 Å². The van der Waals surface area contributed by atoms with Gasteiger partial charge in [-0.2, -0.15) is 0 Å². The summed E-state index contributed by atoms with van der Waals surface area (Å²) in [7, 11) is -2.15. The molecule has 1 heterocycles. The van der Waals surface area contributed by atoms with E-state index in [1.54, 1.807) is 52.0 Å². The zero-order chi connectivity index (χ0) is 25.1. The molecule has 2 aromatic rings. The molecule has 0 unspecified atom stereocenters.